The van der Waals surface area contributed by atoms with E-state index in [-0.39, 0.29) is 0 Å². The third-order valence-electron chi connectivity index (χ3n) is 12.2. The Morgan fingerprint density at radius 3 is 2.76 bits per heavy atom. The van der Waals surface area contributed by atoms with Crippen molar-refractivity contribution in [1.29, 1.82) is 0 Å². The maximum atomic E-state index is 4.22. The molecular formula is C37H47N. The molecule has 7 atom stereocenters. The van der Waals surface area contributed by atoms with E-state index in [4.69, 9.17) is 0 Å². The van der Waals surface area contributed by atoms with Crippen molar-refractivity contribution in [3.63, 3.8) is 0 Å². The molecule has 0 radical (unpaired) electrons. The molecule has 0 aromatic heterocycles. The van der Waals surface area contributed by atoms with Gasteiger partial charge in [-0.3, -0.25) is 0 Å². The second-order valence-electron chi connectivity index (χ2n) is 14.4. The van der Waals surface area contributed by atoms with E-state index in [9.17, 15) is 0 Å². The topological polar surface area (TPSA) is 3.24 Å². The van der Waals surface area contributed by atoms with Gasteiger partial charge in [0, 0.05) is 12.0 Å². The number of benzene rings is 1. The quantitative estimate of drug-likeness (QED) is 0.369. The third kappa shape index (κ3) is 3.89. The van der Waals surface area contributed by atoms with Crippen molar-refractivity contribution in [2.75, 3.05) is 13.1 Å². The Hall–Kier alpha value is -1.86. The van der Waals surface area contributed by atoms with E-state index in [0.717, 1.165) is 42.6 Å². The molecule has 200 valence electrons. The Morgan fingerprint density at radius 1 is 0.974 bits per heavy atom. The van der Waals surface area contributed by atoms with Crippen LogP contribution in [0.3, 0.4) is 0 Å². The number of hydrogen-bond acceptors (Lipinski definition) is 1. The molecule has 1 heteroatoms. The zero-order chi connectivity index (χ0) is 25.4. The summed E-state index contributed by atoms with van der Waals surface area (Å²) in [6.45, 7) is 9.44. The molecule has 1 aromatic carbocycles. The van der Waals surface area contributed by atoms with Crippen LogP contribution in [0, 0.1) is 24.2 Å². The molecule has 6 aliphatic carbocycles. The number of nitrogens with zero attached hydrogens (tertiary/aromatic N) is 1. The summed E-state index contributed by atoms with van der Waals surface area (Å²) in [5, 5.41) is 0. The van der Waals surface area contributed by atoms with Gasteiger partial charge in [-0.05, 0) is 147 Å². The lowest BCUT2D eigenvalue weighted by molar-refractivity contribution is 0.147. The van der Waals surface area contributed by atoms with Gasteiger partial charge in [0.1, 0.15) is 0 Å². The van der Waals surface area contributed by atoms with Gasteiger partial charge in [-0.25, -0.2) is 0 Å². The van der Waals surface area contributed by atoms with Gasteiger partial charge in [0.25, 0.3) is 0 Å². The van der Waals surface area contributed by atoms with Gasteiger partial charge >= 0.3 is 0 Å². The van der Waals surface area contributed by atoms with Gasteiger partial charge in [0.15, 0.2) is 0 Å². The molecule has 1 nitrogen and oxygen atoms in total. The molecule has 8 rings (SSSR count). The molecule has 0 bridgehead atoms. The second-order valence-corrected chi connectivity index (χ2v) is 14.4. The molecule has 38 heavy (non-hydrogen) atoms. The predicted molar refractivity (Wildman–Crippen MR) is 159 cm³/mol. The monoisotopic (exact) mass is 505 g/mol. The van der Waals surface area contributed by atoms with Crippen LogP contribution in [-0.4, -0.2) is 24.0 Å². The van der Waals surface area contributed by atoms with Crippen LogP contribution in [0.4, 0.5) is 0 Å². The molecule has 7 aliphatic rings. The van der Waals surface area contributed by atoms with Gasteiger partial charge < -0.3 is 4.90 Å². The fourth-order valence-electron chi connectivity index (χ4n) is 10.3. The minimum Gasteiger partial charge on any atom is -0.300 e. The first-order chi connectivity index (χ1) is 18.6. The fourth-order valence-corrected chi connectivity index (χ4v) is 10.3. The van der Waals surface area contributed by atoms with Crippen molar-refractivity contribution in [2.24, 2.45) is 17.3 Å². The van der Waals surface area contributed by atoms with E-state index < -0.39 is 0 Å². The summed E-state index contributed by atoms with van der Waals surface area (Å²) in [6.07, 6.45) is 27.9. The first kappa shape index (κ1) is 24.0. The van der Waals surface area contributed by atoms with Crippen LogP contribution in [0.25, 0.3) is 0 Å². The lowest BCUT2D eigenvalue weighted by Gasteiger charge is -2.34. The van der Waals surface area contributed by atoms with Gasteiger partial charge in [-0.15, -0.1) is 0 Å². The van der Waals surface area contributed by atoms with Crippen LogP contribution >= 0.6 is 0 Å². The summed E-state index contributed by atoms with van der Waals surface area (Å²) in [7, 11) is 0. The number of aryl methyl sites for hydroxylation is 1. The SMILES string of the molecule is C=C1C=CC2=C(C=CCC2c2cc(C)c3c(c2)C2CC2C2(CC4CCCC(N5CCCCC5)CC4)CC32)C1. The minimum atomic E-state index is 0.533. The molecule has 1 heterocycles. The summed E-state index contributed by atoms with van der Waals surface area (Å²) in [5.74, 6) is 4.25. The predicted octanol–water partition coefficient (Wildman–Crippen LogP) is 9.27. The molecule has 1 aliphatic heterocycles. The highest BCUT2D eigenvalue weighted by Gasteiger charge is 2.70. The number of rotatable bonds is 4. The summed E-state index contributed by atoms with van der Waals surface area (Å²) in [4.78, 5) is 2.87. The average molecular weight is 506 g/mol. The Morgan fingerprint density at radius 2 is 1.87 bits per heavy atom. The highest BCUT2D eigenvalue weighted by molar-refractivity contribution is 5.57. The Bertz CT molecular complexity index is 1240. The lowest BCUT2D eigenvalue weighted by Crippen LogP contribution is -2.38. The maximum absolute atomic E-state index is 4.22. The van der Waals surface area contributed by atoms with Crippen molar-refractivity contribution in [3.8, 4) is 0 Å². The number of likely N-dealkylation sites (tertiary alicyclic amines) is 1. The molecule has 1 aromatic rings. The first-order valence-corrected chi connectivity index (χ1v) is 16.2. The summed E-state index contributed by atoms with van der Waals surface area (Å²) in [6, 6.07) is 6.19. The van der Waals surface area contributed by atoms with E-state index in [1.54, 1.807) is 34.2 Å². The van der Waals surface area contributed by atoms with E-state index in [0.29, 0.717) is 11.3 Å². The minimum absolute atomic E-state index is 0.533. The summed E-state index contributed by atoms with van der Waals surface area (Å²) in [5.41, 5.74) is 11.8. The highest BCUT2D eigenvalue weighted by atomic mass is 15.2. The maximum Gasteiger partial charge on any atom is 0.0127 e. The molecule has 0 N–H and O–H groups in total. The average Bonchev–Trinajstić information content (AvgIpc) is 3.83. The fraction of sp³-hybridized carbons (Fsp3) is 0.622. The van der Waals surface area contributed by atoms with Gasteiger partial charge in [0.05, 0.1) is 0 Å². The largest absolute Gasteiger partial charge is 0.300 e. The zero-order valence-corrected chi connectivity index (χ0v) is 23.7. The molecule has 7 unspecified atom stereocenters. The molecular weight excluding hydrogens is 458 g/mol. The number of piperidine rings is 1. The first-order valence-electron chi connectivity index (χ1n) is 16.2. The number of hydrogen-bond donors (Lipinski definition) is 0. The van der Waals surface area contributed by atoms with Crippen LogP contribution in [0.15, 0.2) is 59.7 Å². The van der Waals surface area contributed by atoms with Gasteiger partial charge in [0.2, 0.25) is 0 Å². The van der Waals surface area contributed by atoms with E-state index in [2.05, 4.69) is 54.8 Å². The zero-order valence-electron chi connectivity index (χ0n) is 23.7. The van der Waals surface area contributed by atoms with E-state index >= 15 is 0 Å². The molecule has 3 saturated carbocycles. The van der Waals surface area contributed by atoms with Gasteiger partial charge in [-0.2, -0.15) is 0 Å². The number of allylic oxidation sites excluding steroid dienone is 7. The highest BCUT2D eigenvalue weighted by Crippen LogP contribution is 2.81. The Labute approximate surface area is 231 Å². The van der Waals surface area contributed by atoms with Crippen LogP contribution in [0.5, 0.6) is 0 Å². The third-order valence-corrected chi connectivity index (χ3v) is 12.2. The van der Waals surface area contributed by atoms with Crippen LogP contribution in [-0.2, 0) is 0 Å². The summed E-state index contributed by atoms with van der Waals surface area (Å²) >= 11 is 0. The lowest BCUT2D eigenvalue weighted by atomic mass is 9.73. The standard InChI is InChI=1S/C37H47N/c1-24-12-15-31-27(18-24)9-7-11-30(31)28-19-25(2)36-33(20-28)32-21-34(32)37(23-35(36)37)22-26-8-6-10-29(14-13-26)38-16-4-3-5-17-38/h7,9,12,15,19-20,26,29-30,32,34-35H,1,3-6,8,10-11,13-14,16-18,21-23H2,2H3. The van der Waals surface area contributed by atoms with Crippen molar-refractivity contribution < 1.29 is 0 Å². The van der Waals surface area contributed by atoms with Gasteiger partial charge in [-0.1, -0.05) is 67.9 Å². The van der Waals surface area contributed by atoms with Crippen LogP contribution in [0.2, 0.25) is 0 Å². The molecule has 1 saturated heterocycles. The Kier molecular flexibility index (Phi) is 5.73. The smallest absolute Gasteiger partial charge is 0.0127 e. The Balaban J connectivity index is 1.01. The molecule has 0 amide bonds. The molecule has 0 spiro atoms. The van der Waals surface area contributed by atoms with Crippen molar-refractivity contribution in [3.05, 3.63) is 82.0 Å². The normalized spacial score (nSPS) is 39.7. The molecule has 4 fully saturated rings. The summed E-state index contributed by atoms with van der Waals surface area (Å²) < 4.78 is 0. The van der Waals surface area contributed by atoms with Crippen molar-refractivity contribution in [2.45, 2.75) is 114 Å². The second kappa shape index (κ2) is 9.09. The number of fused-ring (bicyclic) bond motifs is 6. The van der Waals surface area contributed by atoms with Crippen molar-refractivity contribution in [1.82, 2.24) is 4.90 Å². The van der Waals surface area contributed by atoms with E-state index in [1.807, 2.05) is 0 Å². The van der Waals surface area contributed by atoms with Crippen LogP contribution < -0.4 is 0 Å². The van der Waals surface area contributed by atoms with E-state index in [1.165, 1.54) is 88.4 Å². The van der Waals surface area contributed by atoms with Crippen molar-refractivity contribution >= 4 is 0 Å². The van der Waals surface area contributed by atoms with Crippen LogP contribution in [0.1, 0.15) is 123 Å².